The number of rotatable bonds is 7. The summed E-state index contributed by atoms with van der Waals surface area (Å²) >= 11 is 0. The van der Waals surface area contributed by atoms with E-state index >= 15 is 0 Å². The molecule has 0 rings (SSSR count). The lowest BCUT2D eigenvalue weighted by molar-refractivity contribution is -0.149. The van der Waals surface area contributed by atoms with Crippen LogP contribution in [-0.4, -0.2) is 35.7 Å². The van der Waals surface area contributed by atoms with Gasteiger partial charge in [0.1, 0.15) is 0 Å². The summed E-state index contributed by atoms with van der Waals surface area (Å²) in [5.41, 5.74) is -7.43. The standard InChI is InChI=1S/C6H4F10S2/c7-1(8)5(13,14)3(11)17-18-4(12)6(15,16)2(9)10/h1-4H. The first-order valence-corrected chi connectivity index (χ1v) is 6.13. The van der Waals surface area contributed by atoms with Crippen LogP contribution in [0.1, 0.15) is 0 Å². The molecule has 0 bridgehead atoms. The molecule has 2 unspecified atom stereocenters. The molecule has 0 nitrogen and oxygen atoms in total. The molecule has 0 aromatic carbocycles. The average molecular weight is 330 g/mol. The third kappa shape index (κ3) is 4.28. The van der Waals surface area contributed by atoms with E-state index in [-0.39, 0.29) is 0 Å². The van der Waals surface area contributed by atoms with Crippen LogP contribution in [0.2, 0.25) is 0 Å². The zero-order valence-electron chi connectivity index (χ0n) is 7.91. The van der Waals surface area contributed by atoms with Gasteiger partial charge in [-0.15, -0.1) is 0 Å². The second kappa shape index (κ2) is 6.44. The first kappa shape index (κ1) is 18.0. The minimum Gasteiger partial charge on any atom is -0.228 e. The minimum absolute atomic E-state index is 1.00. The van der Waals surface area contributed by atoms with E-state index in [1.807, 2.05) is 0 Å². The molecule has 0 fully saturated rings. The Bertz CT molecular complexity index is 231. The number of hydrogen-bond acceptors (Lipinski definition) is 2. The van der Waals surface area contributed by atoms with Crippen LogP contribution in [0.4, 0.5) is 43.9 Å². The first-order chi connectivity index (χ1) is 7.94. The molecular weight excluding hydrogens is 326 g/mol. The molecule has 110 valence electrons. The maximum Gasteiger partial charge on any atom is 0.347 e. The summed E-state index contributed by atoms with van der Waals surface area (Å²) in [7, 11) is -2.01. The van der Waals surface area contributed by atoms with E-state index in [9.17, 15) is 43.9 Å². The third-order valence-electron chi connectivity index (χ3n) is 1.41. The van der Waals surface area contributed by atoms with E-state index in [0.717, 1.165) is 0 Å². The van der Waals surface area contributed by atoms with Crippen molar-refractivity contribution in [3.63, 3.8) is 0 Å². The summed E-state index contributed by atoms with van der Waals surface area (Å²) < 4.78 is 120. The molecule has 0 amide bonds. The summed E-state index contributed by atoms with van der Waals surface area (Å²) in [5.74, 6) is -10.4. The Balaban J connectivity index is 4.43. The fourth-order valence-corrected chi connectivity index (χ4v) is 2.44. The Morgan fingerprint density at radius 2 is 0.778 bits per heavy atom. The molecule has 18 heavy (non-hydrogen) atoms. The van der Waals surface area contributed by atoms with Crippen molar-refractivity contribution in [2.24, 2.45) is 0 Å². The Hall–Kier alpha value is -0.000000000000000111. The molecule has 2 atom stereocenters. The summed E-state index contributed by atoms with van der Waals surface area (Å²) in [4.78, 5) is 0. The van der Waals surface area contributed by atoms with Crippen LogP contribution < -0.4 is 0 Å². The van der Waals surface area contributed by atoms with Gasteiger partial charge in [-0.25, -0.2) is 26.3 Å². The minimum atomic E-state index is -5.20. The average Bonchev–Trinajstić information content (AvgIpc) is 2.24. The molecular formula is C6H4F10S2. The Morgan fingerprint density at radius 3 is 0.944 bits per heavy atom. The van der Waals surface area contributed by atoms with Gasteiger partial charge >= 0.3 is 24.7 Å². The predicted octanol–water partition coefficient (Wildman–Crippen LogP) is 4.76. The van der Waals surface area contributed by atoms with Crippen LogP contribution >= 0.6 is 21.6 Å². The van der Waals surface area contributed by atoms with Gasteiger partial charge < -0.3 is 0 Å². The number of halogens is 10. The van der Waals surface area contributed by atoms with Crippen molar-refractivity contribution < 1.29 is 43.9 Å². The maximum atomic E-state index is 12.5. The fraction of sp³-hybridized carbons (Fsp3) is 1.00. The molecule has 0 saturated heterocycles. The largest absolute Gasteiger partial charge is 0.347 e. The van der Waals surface area contributed by atoms with E-state index in [2.05, 4.69) is 0 Å². The second-order valence-electron chi connectivity index (χ2n) is 2.77. The highest BCUT2D eigenvalue weighted by atomic mass is 33.1. The van der Waals surface area contributed by atoms with Crippen LogP contribution in [-0.2, 0) is 0 Å². The molecule has 0 aliphatic carbocycles. The van der Waals surface area contributed by atoms with Crippen molar-refractivity contribution in [1.82, 2.24) is 0 Å². The maximum absolute atomic E-state index is 12.5. The van der Waals surface area contributed by atoms with E-state index < -0.39 is 57.3 Å². The Kier molecular flexibility index (Phi) is 6.44. The highest BCUT2D eigenvalue weighted by Gasteiger charge is 2.54. The van der Waals surface area contributed by atoms with E-state index in [4.69, 9.17) is 0 Å². The lowest BCUT2D eigenvalue weighted by Gasteiger charge is -2.22. The molecule has 0 aromatic heterocycles. The molecule has 0 saturated carbocycles. The van der Waals surface area contributed by atoms with Gasteiger partial charge in [0.25, 0.3) is 0 Å². The van der Waals surface area contributed by atoms with Crippen molar-refractivity contribution in [2.75, 3.05) is 0 Å². The summed E-state index contributed by atoms with van der Waals surface area (Å²) in [6.45, 7) is 0. The lowest BCUT2D eigenvalue weighted by Crippen LogP contribution is -2.37. The molecule has 12 heteroatoms. The lowest BCUT2D eigenvalue weighted by atomic mass is 10.4. The fourth-order valence-electron chi connectivity index (χ4n) is 0.424. The SMILES string of the molecule is FC(F)C(F)(F)C(F)SSC(F)C(F)(F)C(F)F. The van der Waals surface area contributed by atoms with Crippen molar-refractivity contribution in [1.29, 1.82) is 0 Å². The van der Waals surface area contributed by atoms with Gasteiger partial charge in [0, 0.05) is 0 Å². The van der Waals surface area contributed by atoms with Crippen LogP contribution in [0.25, 0.3) is 0 Å². The van der Waals surface area contributed by atoms with Crippen molar-refractivity contribution in [2.45, 2.75) is 35.7 Å². The van der Waals surface area contributed by atoms with E-state index in [0.29, 0.717) is 0 Å². The van der Waals surface area contributed by atoms with Gasteiger partial charge in [0.15, 0.2) is 0 Å². The van der Waals surface area contributed by atoms with Crippen LogP contribution in [0.15, 0.2) is 0 Å². The smallest absolute Gasteiger partial charge is 0.228 e. The molecule has 0 N–H and O–H groups in total. The second-order valence-corrected chi connectivity index (χ2v) is 5.14. The molecule has 0 aliphatic rings. The quantitative estimate of drug-likeness (QED) is 0.488. The van der Waals surface area contributed by atoms with Gasteiger partial charge in [0.05, 0.1) is 0 Å². The number of hydrogen-bond donors (Lipinski definition) is 0. The van der Waals surface area contributed by atoms with Gasteiger partial charge in [-0.1, -0.05) is 0 Å². The molecule has 0 heterocycles. The summed E-state index contributed by atoms with van der Waals surface area (Å²) in [6.07, 6.45) is -8.87. The van der Waals surface area contributed by atoms with E-state index in [1.165, 1.54) is 0 Å². The van der Waals surface area contributed by atoms with Crippen LogP contribution in [0.3, 0.4) is 0 Å². The monoisotopic (exact) mass is 330 g/mol. The molecule has 0 aliphatic heterocycles. The summed E-state index contributed by atoms with van der Waals surface area (Å²) in [5, 5.41) is 0. The van der Waals surface area contributed by atoms with Gasteiger partial charge in [-0.2, -0.15) is 17.6 Å². The Labute approximate surface area is 102 Å². The zero-order chi connectivity index (χ0) is 14.7. The third-order valence-corrected chi connectivity index (χ3v) is 3.84. The van der Waals surface area contributed by atoms with Crippen molar-refractivity contribution in [3.8, 4) is 0 Å². The molecule has 0 radical (unpaired) electrons. The number of alkyl halides is 10. The van der Waals surface area contributed by atoms with Crippen molar-refractivity contribution >= 4 is 21.6 Å². The van der Waals surface area contributed by atoms with E-state index in [1.54, 1.807) is 0 Å². The molecule has 0 aromatic rings. The van der Waals surface area contributed by atoms with Crippen molar-refractivity contribution in [3.05, 3.63) is 0 Å². The Morgan fingerprint density at radius 1 is 0.556 bits per heavy atom. The van der Waals surface area contributed by atoms with Gasteiger partial charge in [-0.3, -0.25) is 0 Å². The first-order valence-electron chi connectivity index (χ1n) is 3.86. The van der Waals surface area contributed by atoms with Gasteiger partial charge in [-0.05, 0) is 21.6 Å². The topological polar surface area (TPSA) is 0 Å². The summed E-state index contributed by atoms with van der Waals surface area (Å²) in [6, 6.07) is 0. The molecule has 0 spiro atoms. The zero-order valence-corrected chi connectivity index (χ0v) is 9.54. The van der Waals surface area contributed by atoms with Crippen LogP contribution in [0, 0.1) is 0 Å². The van der Waals surface area contributed by atoms with Crippen LogP contribution in [0.5, 0.6) is 0 Å². The highest BCUT2D eigenvalue weighted by Crippen LogP contribution is 2.47. The van der Waals surface area contributed by atoms with Gasteiger partial charge in [0.2, 0.25) is 11.0 Å². The highest BCUT2D eigenvalue weighted by molar-refractivity contribution is 8.77. The predicted molar refractivity (Wildman–Crippen MR) is 46.9 cm³/mol. The normalized spacial score (nSPS) is 17.3.